The van der Waals surface area contributed by atoms with Crippen LogP contribution in [-0.2, 0) is 9.59 Å². The van der Waals surface area contributed by atoms with Gasteiger partial charge in [0, 0.05) is 27.6 Å². The van der Waals surface area contributed by atoms with Gasteiger partial charge in [0.1, 0.15) is 0 Å². The van der Waals surface area contributed by atoms with Crippen molar-refractivity contribution in [1.82, 2.24) is 9.80 Å². The fourth-order valence-electron chi connectivity index (χ4n) is 1.40. The Kier molecular flexibility index (Phi) is 8.40. The molecule has 2 N–H and O–H groups in total. The zero-order valence-corrected chi connectivity index (χ0v) is 11.2. The maximum Gasteiger partial charge on any atom is 0.241 e. The van der Waals surface area contributed by atoms with E-state index in [-0.39, 0.29) is 18.4 Å². The molecule has 0 unspecified atom stereocenters. The summed E-state index contributed by atoms with van der Waals surface area (Å²) in [5, 5.41) is 0. The molecular weight excluding hydrogens is 218 g/mol. The molecule has 0 saturated heterocycles. The summed E-state index contributed by atoms with van der Waals surface area (Å²) in [6.45, 7) is 0.875. The summed E-state index contributed by atoms with van der Waals surface area (Å²) in [4.78, 5) is 26.0. The quantitative estimate of drug-likeness (QED) is 0.629. The Bertz CT molecular complexity index is 242. The minimum absolute atomic E-state index is 0.0351. The van der Waals surface area contributed by atoms with E-state index in [1.54, 1.807) is 21.1 Å². The van der Waals surface area contributed by atoms with E-state index >= 15 is 0 Å². The summed E-state index contributed by atoms with van der Waals surface area (Å²) >= 11 is 0. The van der Waals surface area contributed by atoms with E-state index in [0.29, 0.717) is 13.0 Å². The number of nitrogens with two attached hydrogens (primary N) is 1. The molecule has 0 atom stereocenters. The fraction of sp³-hybridized carbons (Fsp3) is 0.833. The number of carbonyl (C=O) groups is 2. The maximum atomic E-state index is 11.7. The van der Waals surface area contributed by atoms with Crippen LogP contribution in [0.15, 0.2) is 0 Å². The van der Waals surface area contributed by atoms with Gasteiger partial charge in [-0.25, -0.2) is 0 Å². The van der Waals surface area contributed by atoms with E-state index in [2.05, 4.69) is 0 Å². The highest BCUT2D eigenvalue weighted by Gasteiger charge is 2.13. The molecule has 0 aromatic rings. The maximum absolute atomic E-state index is 11.7. The van der Waals surface area contributed by atoms with Crippen molar-refractivity contribution in [3.63, 3.8) is 0 Å². The number of unbranched alkanes of at least 4 members (excludes halogenated alkanes) is 3. The van der Waals surface area contributed by atoms with Gasteiger partial charge in [-0.1, -0.05) is 12.8 Å². The van der Waals surface area contributed by atoms with Crippen LogP contribution in [0.1, 0.15) is 32.1 Å². The predicted octanol–water partition coefficient (Wildman–Crippen LogP) is 0.442. The molecule has 2 amide bonds. The molecule has 0 aliphatic carbocycles. The van der Waals surface area contributed by atoms with Crippen LogP contribution in [0, 0.1) is 0 Å². The second-order valence-corrected chi connectivity index (χ2v) is 4.49. The van der Waals surface area contributed by atoms with Crippen LogP contribution in [0.2, 0.25) is 0 Å². The first-order valence-electron chi connectivity index (χ1n) is 6.13. The molecular formula is C12H25N3O2. The average Bonchev–Trinajstić information content (AvgIpc) is 2.28. The molecule has 0 aromatic carbocycles. The minimum atomic E-state index is -0.0519. The van der Waals surface area contributed by atoms with Crippen molar-refractivity contribution in [2.24, 2.45) is 5.73 Å². The first kappa shape index (κ1) is 15.9. The summed E-state index contributed by atoms with van der Waals surface area (Å²) in [6, 6.07) is 0. The summed E-state index contributed by atoms with van der Waals surface area (Å²) in [5.41, 5.74) is 5.38. The number of nitrogens with zero attached hydrogens (tertiary/aromatic N) is 2. The van der Waals surface area contributed by atoms with Gasteiger partial charge in [0.2, 0.25) is 11.8 Å². The van der Waals surface area contributed by atoms with Crippen LogP contribution in [0.3, 0.4) is 0 Å². The summed E-state index contributed by atoms with van der Waals surface area (Å²) in [5.74, 6) is -0.0167. The molecule has 0 radical (unpaired) electrons. The van der Waals surface area contributed by atoms with Crippen molar-refractivity contribution in [2.75, 3.05) is 34.2 Å². The summed E-state index contributed by atoms with van der Waals surface area (Å²) in [6.07, 6.45) is 4.51. The molecule has 0 aromatic heterocycles. The standard InChI is InChI=1S/C12H25N3O2/c1-14(2)12(17)10-15(3)11(16)8-6-4-5-7-9-13/h4-10,13H2,1-3H3. The third-order valence-electron chi connectivity index (χ3n) is 2.64. The molecule has 0 aliphatic heterocycles. The highest BCUT2D eigenvalue weighted by molar-refractivity contribution is 5.84. The molecule has 100 valence electrons. The monoisotopic (exact) mass is 243 g/mol. The van der Waals surface area contributed by atoms with E-state index in [0.717, 1.165) is 25.7 Å². The van der Waals surface area contributed by atoms with Gasteiger partial charge >= 0.3 is 0 Å². The molecule has 0 saturated carbocycles. The van der Waals surface area contributed by atoms with Crippen LogP contribution < -0.4 is 5.73 Å². The van der Waals surface area contributed by atoms with Gasteiger partial charge in [0.15, 0.2) is 0 Å². The van der Waals surface area contributed by atoms with Crippen LogP contribution in [0.5, 0.6) is 0 Å². The third kappa shape index (κ3) is 7.74. The van der Waals surface area contributed by atoms with Crippen molar-refractivity contribution in [2.45, 2.75) is 32.1 Å². The van der Waals surface area contributed by atoms with Gasteiger partial charge in [-0.3, -0.25) is 9.59 Å². The lowest BCUT2D eigenvalue weighted by Gasteiger charge is -2.19. The van der Waals surface area contributed by atoms with Gasteiger partial charge in [-0.05, 0) is 19.4 Å². The lowest BCUT2D eigenvalue weighted by molar-refractivity contribution is -0.138. The lowest BCUT2D eigenvalue weighted by atomic mass is 10.1. The molecule has 0 rings (SSSR count). The Labute approximate surface area is 104 Å². The van der Waals surface area contributed by atoms with Crippen molar-refractivity contribution in [3.8, 4) is 0 Å². The van der Waals surface area contributed by atoms with Crippen molar-refractivity contribution in [1.29, 1.82) is 0 Å². The van der Waals surface area contributed by atoms with Crippen molar-refractivity contribution < 1.29 is 9.59 Å². The molecule has 0 bridgehead atoms. The van der Waals surface area contributed by atoms with Crippen molar-refractivity contribution >= 4 is 11.8 Å². The van der Waals surface area contributed by atoms with Gasteiger partial charge in [-0.2, -0.15) is 0 Å². The van der Waals surface area contributed by atoms with Crippen LogP contribution in [-0.4, -0.2) is 55.8 Å². The summed E-state index contributed by atoms with van der Waals surface area (Å²) < 4.78 is 0. The Morgan fingerprint density at radius 3 is 2.06 bits per heavy atom. The zero-order valence-electron chi connectivity index (χ0n) is 11.2. The molecule has 0 fully saturated rings. The average molecular weight is 243 g/mol. The fourth-order valence-corrected chi connectivity index (χ4v) is 1.40. The third-order valence-corrected chi connectivity index (χ3v) is 2.64. The number of amides is 2. The molecule has 0 aliphatic rings. The number of carbonyl (C=O) groups excluding carboxylic acids is 2. The Hall–Kier alpha value is -1.10. The number of rotatable bonds is 8. The van der Waals surface area contributed by atoms with E-state index in [1.807, 2.05) is 0 Å². The Morgan fingerprint density at radius 2 is 1.53 bits per heavy atom. The number of likely N-dealkylation sites (N-methyl/N-ethyl adjacent to an activating group) is 2. The largest absolute Gasteiger partial charge is 0.347 e. The Morgan fingerprint density at radius 1 is 0.941 bits per heavy atom. The second-order valence-electron chi connectivity index (χ2n) is 4.49. The zero-order chi connectivity index (χ0) is 13.3. The van der Waals surface area contributed by atoms with Gasteiger partial charge in [0.05, 0.1) is 6.54 Å². The lowest BCUT2D eigenvalue weighted by Crippen LogP contribution is -2.37. The van der Waals surface area contributed by atoms with E-state index in [1.165, 1.54) is 9.80 Å². The molecule has 17 heavy (non-hydrogen) atoms. The highest BCUT2D eigenvalue weighted by Crippen LogP contribution is 2.04. The van der Waals surface area contributed by atoms with E-state index in [9.17, 15) is 9.59 Å². The normalized spacial score (nSPS) is 10.1. The second kappa shape index (κ2) is 8.98. The van der Waals surface area contributed by atoms with Crippen molar-refractivity contribution in [3.05, 3.63) is 0 Å². The number of hydrogen-bond acceptors (Lipinski definition) is 3. The molecule has 0 spiro atoms. The topological polar surface area (TPSA) is 66.6 Å². The van der Waals surface area contributed by atoms with Gasteiger partial charge in [0.25, 0.3) is 0 Å². The summed E-state index contributed by atoms with van der Waals surface area (Å²) in [7, 11) is 5.05. The molecule has 0 heterocycles. The number of hydrogen-bond donors (Lipinski definition) is 1. The van der Waals surface area contributed by atoms with E-state index in [4.69, 9.17) is 5.73 Å². The van der Waals surface area contributed by atoms with Crippen LogP contribution >= 0.6 is 0 Å². The Balaban J connectivity index is 3.71. The van der Waals surface area contributed by atoms with Crippen LogP contribution in [0.25, 0.3) is 0 Å². The molecule has 5 nitrogen and oxygen atoms in total. The van der Waals surface area contributed by atoms with Crippen LogP contribution in [0.4, 0.5) is 0 Å². The minimum Gasteiger partial charge on any atom is -0.347 e. The first-order valence-corrected chi connectivity index (χ1v) is 6.13. The highest BCUT2D eigenvalue weighted by atomic mass is 16.2. The van der Waals surface area contributed by atoms with Gasteiger partial charge < -0.3 is 15.5 Å². The van der Waals surface area contributed by atoms with E-state index < -0.39 is 0 Å². The SMILES string of the molecule is CN(C)C(=O)CN(C)C(=O)CCCCCCN. The van der Waals surface area contributed by atoms with Gasteiger partial charge in [-0.15, -0.1) is 0 Å². The first-order chi connectivity index (χ1) is 7.99. The molecule has 5 heteroatoms. The smallest absolute Gasteiger partial charge is 0.241 e. The predicted molar refractivity (Wildman–Crippen MR) is 68.5 cm³/mol.